The molecule has 2 atom stereocenters. The number of hydrogen-bond donors (Lipinski definition) is 0. The molecule has 0 N–H and O–H groups in total. The van der Waals surface area contributed by atoms with E-state index in [4.69, 9.17) is 23.7 Å². The molecule has 0 bridgehead atoms. The Balaban J connectivity index is 5.07. The van der Waals surface area contributed by atoms with E-state index in [1.54, 1.807) is 0 Å². The first-order valence-electron chi connectivity index (χ1n) is 29.3. The van der Waals surface area contributed by atoms with Crippen molar-refractivity contribution in [2.75, 3.05) is 40.5 Å². The molecule has 0 aromatic heterocycles. The Labute approximate surface area is 436 Å². The van der Waals surface area contributed by atoms with Crippen molar-refractivity contribution in [1.29, 1.82) is 0 Å². The lowest BCUT2D eigenvalue weighted by Gasteiger charge is -2.20. The van der Waals surface area contributed by atoms with Crippen molar-refractivity contribution in [3.8, 4) is 0 Å². The van der Waals surface area contributed by atoms with Crippen LogP contribution in [0, 0.1) is 0 Å². The minimum absolute atomic E-state index is 0.00728. The molecule has 0 aliphatic carbocycles. The molecule has 0 rings (SSSR count). The van der Waals surface area contributed by atoms with Crippen LogP contribution in [0.4, 0.5) is 4.79 Å². The molecule has 0 saturated carbocycles. The highest BCUT2D eigenvalue weighted by molar-refractivity contribution is 5.71. The van der Waals surface area contributed by atoms with Crippen LogP contribution in [0.25, 0.3) is 0 Å². The molecule has 0 fully saturated rings. The Kier molecular flexibility index (Phi) is 51.8. The molecule has 0 spiro atoms. The molecule has 2 unspecified atom stereocenters. The van der Waals surface area contributed by atoms with Gasteiger partial charge in [0.25, 0.3) is 0 Å². The monoisotopic (exact) mass is 1000 g/mol. The molecule has 10 nitrogen and oxygen atoms in total. The molecule has 71 heavy (non-hydrogen) atoms. The van der Waals surface area contributed by atoms with Gasteiger partial charge in [-0.25, -0.2) is 4.79 Å². The third-order valence-corrected chi connectivity index (χ3v) is 12.6. The van der Waals surface area contributed by atoms with Crippen molar-refractivity contribution in [1.82, 2.24) is 4.90 Å². The maximum Gasteiger partial charge on any atom is 0.508 e. The summed E-state index contributed by atoms with van der Waals surface area (Å²) in [5.74, 6) is -1.25. The largest absolute Gasteiger partial charge is 0.508 e. The number of nitrogens with zero attached hydrogens (tertiary/aromatic N) is 1. The Morgan fingerprint density at radius 3 is 1.23 bits per heavy atom. The molecule has 0 amide bonds. The summed E-state index contributed by atoms with van der Waals surface area (Å²) in [7, 11) is 3.94. The second-order valence-electron chi connectivity index (χ2n) is 19.9. The van der Waals surface area contributed by atoms with Gasteiger partial charge in [0.2, 0.25) is 0 Å². The number of esters is 3. The lowest BCUT2D eigenvalue weighted by Crippen LogP contribution is -2.31. The van der Waals surface area contributed by atoms with E-state index < -0.39 is 24.3 Å². The van der Waals surface area contributed by atoms with Crippen LogP contribution in [-0.4, -0.2) is 81.6 Å². The van der Waals surface area contributed by atoms with E-state index in [0.717, 1.165) is 116 Å². The van der Waals surface area contributed by atoms with Gasteiger partial charge >= 0.3 is 24.1 Å². The molecule has 0 aromatic rings. The SMILES string of the molecule is CCCCCC=CCC=CCCCCCCCC(=O)OCC(COC(=O)CCCCCCC/C=C\C/C=C\CCCCC)OC(=O)CCC(CCCCCCCCCCCC)OC(=O)OCCCN(C)C. The summed E-state index contributed by atoms with van der Waals surface area (Å²) in [5, 5.41) is 0. The zero-order chi connectivity index (χ0) is 51.9. The minimum Gasteiger partial charge on any atom is -0.462 e. The van der Waals surface area contributed by atoms with E-state index in [9.17, 15) is 19.2 Å². The van der Waals surface area contributed by atoms with Crippen LogP contribution in [-0.2, 0) is 38.1 Å². The summed E-state index contributed by atoms with van der Waals surface area (Å²) in [4.78, 5) is 53.6. The maximum atomic E-state index is 13.3. The number of allylic oxidation sites excluding steroid dienone is 8. The van der Waals surface area contributed by atoms with Gasteiger partial charge in [0.1, 0.15) is 19.3 Å². The second-order valence-corrected chi connectivity index (χ2v) is 19.9. The molecule has 0 heterocycles. The van der Waals surface area contributed by atoms with Crippen molar-refractivity contribution in [2.24, 2.45) is 0 Å². The van der Waals surface area contributed by atoms with Gasteiger partial charge in [-0.3, -0.25) is 14.4 Å². The fraction of sp³-hybridized carbons (Fsp3) is 0.803. The summed E-state index contributed by atoms with van der Waals surface area (Å²) >= 11 is 0. The van der Waals surface area contributed by atoms with Gasteiger partial charge < -0.3 is 28.6 Å². The third-order valence-electron chi connectivity index (χ3n) is 12.6. The normalized spacial score (nSPS) is 12.7. The van der Waals surface area contributed by atoms with Gasteiger partial charge in [-0.15, -0.1) is 0 Å². The highest BCUT2D eigenvalue weighted by Crippen LogP contribution is 2.18. The number of unbranched alkanes of at least 4 members (excludes halogenated alkanes) is 25. The predicted octanol–water partition coefficient (Wildman–Crippen LogP) is 17.2. The van der Waals surface area contributed by atoms with Crippen molar-refractivity contribution >= 4 is 24.1 Å². The highest BCUT2D eigenvalue weighted by Gasteiger charge is 2.22. The van der Waals surface area contributed by atoms with Gasteiger partial charge in [-0.05, 0) is 117 Å². The molecule has 10 heteroatoms. The number of carbonyl (C=O) groups excluding carboxylic acids is 4. The quantitative estimate of drug-likeness (QED) is 0.0252. The summed E-state index contributed by atoms with van der Waals surface area (Å²) in [5.41, 5.74) is 0. The highest BCUT2D eigenvalue weighted by atomic mass is 16.7. The Morgan fingerprint density at radius 1 is 0.380 bits per heavy atom. The van der Waals surface area contributed by atoms with E-state index in [0.29, 0.717) is 12.8 Å². The summed E-state index contributed by atoms with van der Waals surface area (Å²) in [6.07, 6.45) is 54.1. The second kappa shape index (κ2) is 54.4. The number of hydrogen-bond acceptors (Lipinski definition) is 10. The van der Waals surface area contributed by atoms with Crippen molar-refractivity contribution in [3.05, 3.63) is 48.6 Å². The van der Waals surface area contributed by atoms with Crippen LogP contribution < -0.4 is 0 Å². The van der Waals surface area contributed by atoms with Crippen LogP contribution in [0.1, 0.15) is 265 Å². The standard InChI is InChI=1S/C61H109NO9/c1-6-9-12-15-18-21-24-26-28-30-32-35-38-41-44-48-58(63)68-54-57(55-69-59(64)49-45-42-39-36-33-31-29-27-25-22-19-16-13-10-7-2)70-60(65)51-50-56(71-61(66)67-53-46-52-62(4)5)47-43-40-37-34-23-20-17-14-11-8-3/h18-19,21-22,26-29,56-57H,6-17,20,23-25,30-55H2,1-5H3/b21-18-,22-19?,28-26-,29-27?. The van der Waals surface area contributed by atoms with Gasteiger partial charge in [-0.1, -0.05) is 191 Å². The first-order chi connectivity index (χ1) is 34.7. The fourth-order valence-corrected chi connectivity index (χ4v) is 8.15. The molecular weight excluding hydrogens is 891 g/mol. The van der Waals surface area contributed by atoms with Crippen molar-refractivity contribution in [2.45, 2.75) is 277 Å². The molecule has 0 radical (unpaired) electrons. The van der Waals surface area contributed by atoms with Crippen LogP contribution in [0.2, 0.25) is 0 Å². The summed E-state index contributed by atoms with van der Waals surface area (Å²) in [6.45, 7) is 7.36. The Morgan fingerprint density at radius 2 is 0.775 bits per heavy atom. The molecule has 0 aromatic carbocycles. The summed E-state index contributed by atoms with van der Waals surface area (Å²) in [6, 6.07) is 0. The smallest absolute Gasteiger partial charge is 0.462 e. The van der Waals surface area contributed by atoms with E-state index >= 15 is 0 Å². The van der Waals surface area contributed by atoms with Crippen LogP contribution in [0.3, 0.4) is 0 Å². The molecule has 0 aliphatic heterocycles. The average molecular weight is 1000 g/mol. The van der Waals surface area contributed by atoms with E-state index in [1.165, 1.54) is 96.3 Å². The average Bonchev–Trinajstić information content (AvgIpc) is 3.35. The zero-order valence-electron chi connectivity index (χ0n) is 46.6. The van der Waals surface area contributed by atoms with Crippen molar-refractivity contribution < 1.29 is 42.9 Å². The Bertz CT molecular complexity index is 1280. The lowest BCUT2D eigenvalue weighted by molar-refractivity contribution is -0.167. The van der Waals surface area contributed by atoms with Crippen molar-refractivity contribution in [3.63, 3.8) is 0 Å². The molecule has 0 saturated heterocycles. The van der Waals surface area contributed by atoms with Gasteiger partial charge in [0.15, 0.2) is 6.10 Å². The van der Waals surface area contributed by atoms with E-state index in [1.807, 2.05) is 19.0 Å². The summed E-state index contributed by atoms with van der Waals surface area (Å²) < 4.78 is 28.0. The number of rotatable bonds is 52. The third kappa shape index (κ3) is 52.7. The van der Waals surface area contributed by atoms with Gasteiger partial charge in [0, 0.05) is 25.8 Å². The van der Waals surface area contributed by atoms with Gasteiger partial charge in [0.05, 0.1) is 6.61 Å². The topological polar surface area (TPSA) is 118 Å². The van der Waals surface area contributed by atoms with Gasteiger partial charge in [-0.2, -0.15) is 0 Å². The maximum absolute atomic E-state index is 13.3. The first kappa shape index (κ1) is 67.6. The van der Waals surface area contributed by atoms with Crippen LogP contribution in [0.15, 0.2) is 48.6 Å². The molecule has 0 aliphatic rings. The van der Waals surface area contributed by atoms with Crippen LogP contribution in [0.5, 0.6) is 0 Å². The van der Waals surface area contributed by atoms with E-state index in [2.05, 4.69) is 69.4 Å². The van der Waals surface area contributed by atoms with E-state index in [-0.39, 0.29) is 57.4 Å². The predicted molar refractivity (Wildman–Crippen MR) is 296 cm³/mol. The Hall–Kier alpha value is -3.40. The zero-order valence-corrected chi connectivity index (χ0v) is 46.6. The lowest BCUT2D eigenvalue weighted by atomic mass is 10.0. The number of carbonyl (C=O) groups is 4. The molecule has 412 valence electrons. The van der Waals surface area contributed by atoms with Crippen LogP contribution >= 0.6 is 0 Å². The molecular formula is C61H109NO9. The number of ether oxygens (including phenoxy) is 5. The minimum atomic E-state index is -0.937. The first-order valence-corrected chi connectivity index (χ1v) is 29.3. The fourth-order valence-electron chi connectivity index (χ4n) is 8.15.